The van der Waals surface area contributed by atoms with Crippen molar-refractivity contribution < 1.29 is 14.7 Å². The second-order valence-corrected chi connectivity index (χ2v) is 6.96. The zero-order chi connectivity index (χ0) is 15.4. The van der Waals surface area contributed by atoms with Crippen LogP contribution in [0.5, 0.6) is 0 Å². The summed E-state index contributed by atoms with van der Waals surface area (Å²) in [6.07, 6.45) is 0.486. The number of carbonyl (C=O) groups is 2. The van der Waals surface area contributed by atoms with Crippen LogP contribution in [-0.2, 0) is 9.59 Å². The van der Waals surface area contributed by atoms with Gasteiger partial charge in [0.15, 0.2) is 0 Å². The third-order valence-corrected chi connectivity index (χ3v) is 5.34. The first-order valence-electron chi connectivity index (χ1n) is 6.88. The summed E-state index contributed by atoms with van der Waals surface area (Å²) in [6, 6.07) is 9.14. The summed E-state index contributed by atoms with van der Waals surface area (Å²) in [6.45, 7) is 2.26. The SMILES string of the molecule is C[C@@H](CS)C(=O)N1C[C@@H](Sc2ccccc2)C[C@H]1C(=O)O. The fourth-order valence-electron chi connectivity index (χ4n) is 2.41. The molecule has 1 aromatic rings. The van der Waals surface area contributed by atoms with Crippen molar-refractivity contribution in [1.29, 1.82) is 0 Å². The number of rotatable bonds is 5. The minimum absolute atomic E-state index is 0.115. The van der Waals surface area contributed by atoms with E-state index in [1.807, 2.05) is 30.3 Å². The van der Waals surface area contributed by atoms with E-state index in [-0.39, 0.29) is 17.1 Å². The van der Waals surface area contributed by atoms with Gasteiger partial charge in [0.1, 0.15) is 6.04 Å². The molecule has 2 rings (SSSR count). The van der Waals surface area contributed by atoms with Crippen molar-refractivity contribution in [3.8, 4) is 0 Å². The smallest absolute Gasteiger partial charge is 0.326 e. The monoisotopic (exact) mass is 325 g/mol. The van der Waals surface area contributed by atoms with E-state index >= 15 is 0 Å². The topological polar surface area (TPSA) is 57.6 Å². The molecule has 114 valence electrons. The van der Waals surface area contributed by atoms with Crippen molar-refractivity contribution in [2.45, 2.75) is 29.5 Å². The van der Waals surface area contributed by atoms with E-state index in [1.54, 1.807) is 18.7 Å². The van der Waals surface area contributed by atoms with Gasteiger partial charge in [-0.25, -0.2) is 4.79 Å². The van der Waals surface area contributed by atoms with Crippen molar-refractivity contribution in [3.05, 3.63) is 30.3 Å². The van der Waals surface area contributed by atoms with Crippen LogP contribution in [0, 0.1) is 5.92 Å². The Morgan fingerprint density at radius 3 is 2.67 bits per heavy atom. The number of thiol groups is 1. The Bertz CT molecular complexity index is 509. The molecule has 6 heteroatoms. The molecule has 21 heavy (non-hydrogen) atoms. The number of hydrogen-bond donors (Lipinski definition) is 2. The van der Waals surface area contributed by atoms with E-state index in [4.69, 9.17) is 0 Å². The highest BCUT2D eigenvalue weighted by Gasteiger charge is 2.40. The molecule has 1 aliphatic rings. The average Bonchev–Trinajstić information content (AvgIpc) is 2.90. The minimum Gasteiger partial charge on any atom is -0.480 e. The maximum Gasteiger partial charge on any atom is 0.326 e. The Kier molecular flexibility index (Phi) is 5.58. The van der Waals surface area contributed by atoms with Crippen molar-refractivity contribution in [3.63, 3.8) is 0 Å². The van der Waals surface area contributed by atoms with E-state index in [9.17, 15) is 14.7 Å². The summed E-state index contributed by atoms with van der Waals surface area (Å²) in [5.74, 6) is -0.867. The Hall–Kier alpha value is -1.14. The van der Waals surface area contributed by atoms with Gasteiger partial charge in [-0.05, 0) is 18.6 Å². The lowest BCUT2D eigenvalue weighted by Crippen LogP contribution is -2.43. The third-order valence-electron chi connectivity index (χ3n) is 3.57. The van der Waals surface area contributed by atoms with Crippen molar-refractivity contribution in [2.24, 2.45) is 5.92 Å². The van der Waals surface area contributed by atoms with Gasteiger partial charge in [0.25, 0.3) is 0 Å². The summed E-state index contributed by atoms with van der Waals surface area (Å²) in [4.78, 5) is 26.3. The van der Waals surface area contributed by atoms with Gasteiger partial charge in [0, 0.05) is 28.4 Å². The highest BCUT2D eigenvalue weighted by atomic mass is 32.2. The first-order chi connectivity index (χ1) is 10.0. The van der Waals surface area contributed by atoms with Crippen LogP contribution in [0.3, 0.4) is 0 Å². The van der Waals surface area contributed by atoms with Gasteiger partial charge < -0.3 is 10.0 Å². The number of thioether (sulfide) groups is 1. The number of carboxylic acid groups (broad SMARTS) is 1. The summed E-state index contributed by atoms with van der Waals surface area (Å²) >= 11 is 5.77. The maximum atomic E-state index is 12.3. The van der Waals surface area contributed by atoms with Crippen LogP contribution in [0.4, 0.5) is 0 Å². The molecule has 1 aromatic carbocycles. The molecule has 1 fully saturated rings. The highest BCUT2D eigenvalue weighted by molar-refractivity contribution is 8.00. The van der Waals surface area contributed by atoms with Crippen LogP contribution < -0.4 is 0 Å². The molecule has 0 spiro atoms. The maximum absolute atomic E-state index is 12.3. The summed E-state index contributed by atoms with van der Waals surface area (Å²) in [7, 11) is 0. The molecule has 0 saturated carbocycles. The Labute approximate surface area is 134 Å². The van der Waals surface area contributed by atoms with E-state index in [2.05, 4.69) is 12.6 Å². The second-order valence-electron chi connectivity index (χ2n) is 5.22. The molecule has 0 bridgehead atoms. The summed E-state index contributed by atoms with van der Waals surface area (Å²) < 4.78 is 0. The fraction of sp³-hybridized carbons (Fsp3) is 0.467. The summed E-state index contributed by atoms with van der Waals surface area (Å²) in [5.41, 5.74) is 0. The molecule has 4 nitrogen and oxygen atoms in total. The third kappa shape index (κ3) is 3.95. The lowest BCUT2D eigenvalue weighted by molar-refractivity contribution is -0.149. The molecule has 0 radical (unpaired) electrons. The first kappa shape index (κ1) is 16.2. The quantitative estimate of drug-likeness (QED) is 0.816. The van der Waals surface area contributed by atoms with E-state index in [0.717, 1.165) is 4.90 Å². The van der Waals surface area contributed by atoms with E-state index in [1.165, 1.54) is 4.90 Å². The number of hydrogen-bond acceptors (Lipinski definition) is 4. The molecule has 1 aliphatic heterocycles. The number of carbonyl (C=O) groups excluding carboxylic acids is 1. The van der Waals surface area contributed by atoms with Crippen LogP contribution in [0.1, 0.15) is 13.3 Å². The lowest BCUT2D eigenvalue weighted by atomic mass is 10.1. The van der Waals surface area contributed by atoms with E-state index < -0.39 is 12.0 Å². The number of amides is 1. The van der Waals surface area contributed by atoms with Crippen molar-refractivity contribution in [1.82, 2.24) is 4.90 Å². The molecule has 0 unspecified atom stereocenters. The van der Waals surface area contributed by atoms with Crippen LogP contribution in [0.25, 0.3) is 0 Å². The number of carboxylic acids is 1. The largest absolute Gasteiger partial charge is 0.480 e. The minimum atomic E-state index is -0.925. The second kappa shape index (κ2) is 7.22. The van der Waals surface area contributed by atoms with Gasteiger partial charge >= 0.3 is 5.97 Å². The molecule has 0 aromatic heterocycles. The standard InChI is InChI=1S/C15H19NO3S2/c1-10(9-20)14(17)16-8-12(7-13(16)15(18)19)21-11-5-3-2-4-6-11/h2-6,10,12-13,20H,7-9H2,1H3,(H,18,19)/t10-,12-,13-/m0/s1. The average molecular weight is 325 g/mol. The number of nitrogens with zero attached hydrogens (tertiary/aromatic N) is 1. The highest BCUT2D eigenvalue weighted by Crippen LogP contribution is 2.33. The molecule has 3 atom stereocenters. The lowest BCUT2D eigenvalue weighted by Gasteiger charge is -2.24. The first-order valence-corrected chi connectivity index (χ1v) is 8.40. The number of benzene rings is 1. The zero-order valence-electron chi connectivity index (χ0n) is 11.8. The van der Waals surface area contributed by atoms with Crippen LogP contribution in [-0.4, -0.2) is 45.5 Å². The van der Waals surface area contributed by atoms with Gasteiger partial charge in [-0.3, -0.25) is 4.79 Å². The Morgan fingerprint density at radius 2 is 2.10 bits per heavy atom. The van der Waals surface area contributed by atoms with Gasteiger partial charge in [0.05, 0.1) is 0 Å². The van der Waals surface area contributed by atoms with Crippen molar-refractivity contribution in [2.75, 3.05) is 12.3 Å². The molecule has 1 N–H and O–H groups in total. The van der Waals surface area contributed by atoms with Crippen LogP contribution in [0.15, 0.2) is 35.2 Å². The van der Waals surface area contributed by atoms with Gasteiger partial charge in [0.2, 0.25) is 5.91 Å². The van der Waals surface area contributed by atoms with Gasteiger partial charge in [-0.15, -0.1) is 11.8 Å². The molecule has 0 aliphatic carbocycles. The van der Waals surface area contributed by atoms with Crippen molar-refractivity contribution >= 4 is 36.3 Å². The summed E-state index contributed by atoms with van der Waals surface area (Å²) in [5, 5.41) is 9.46. The molecular formula is C15H19NO3S2. The van der Waals surface area contributed by atoms with Gasteiger partial charge in [-0.2, -0.15) is 12.6 Å². The van der Waals surface area contributed by atoms with Crippen LogP contribution in [0.2, 0.25) is 0 Å². The van der Waals surface area contributed by atoms with Gasteiger partial charge in [-0.1, -0.05) is 25.1 Å². The Morgan fingerprint density at radius 1 is 1.43 bits per heavy atom. The normalized spacial score (nSPS) is 23.0. The Balaban J connectivity index is 2.08. The molecule has 1 amide bonds. The molecule has 1 heterocycles. The predicted octanol–water partition coefficient (Wildman–Crippen LogP) is 2.40. The fourth-order valence-corrected chi connectivity index (χ4v) is 3.78. The molecular weight excluding hydrogens is 306 g/mol. The van der Waals surface area contributed by atoms with E-state index in [0.29, 0.717) is 18.7 Å². The number of aliphatic carboxylic acids is 1. The van der Waals surface area contributed by atoms with Crippen LogP contribution >= 0.6 is 24.4 Å². The predicted molar refractivity (Wildman–Crippen MR) is 86.9 cm³/mol. The number of likely N-dealkylation sites (tertiary alicyclic amines) is 1. The zero-order valence-corrected chi connectivity index (χ0v) is 13.5. The molecule has 1 saturated heterocycles.